The summed E-state index contributed by atoms with van der Waals surface area (Å²) in [5.74, 6) is -0.921. The zero-order valence-electron chi connectivity index (χ0n) is 17.6. The Kier molecular flexibility index (Phi) is 8.04. The van der Waals surface area contributed by atoms with Gasteiger partial charge in [0.2, 0.25) is 5.91 Å². The van der Waals surface area contributed by atoms with Crippen molar-refractivity contribution in [3.05, 3.63) is 16.0 Å². The molecule has 0 fully saturated rings. The number of nitrogens with one attached hydrogen (secondary N) is 1. The minimum atomic E-state index is -0.523. The first-order valence-corrected chi connectivity index (χ1v) is 11.0. The maximum atomic E-state index is 12.8. The number of anilines is 1. The molecule has 2 rings (SSSR count). The van der Waals surface area contributed by atoms with Gasteiger partial charge in [0, 0.05) is 23.9 Å². The number of fused-ring (bicyclic) bond motifs is 1. The molecule has 0 saturated carbocycles. The minimum absolute atomic E-state index is 0.0880. The van der Waals surface area contributed by atoms with E-state index in [1.807, 2.05) is 32.6 Å². The lowest BCUT2D eigenvalue weighted by Crippen LogP contribution is -2.46. The van der Waals surface area contributed by atoms with Crippen molar-refractivity contribution in [3.8, 4) is 0 Å². The molecule has 28 heavy (non-hydrogen) atoms. The number of rotatable bonds is 8. The van der Waals surface area contributed by atoms with Gasteiger partial charge in [-0.2, -0.15) is 0 Å². The zero-order chi connectivity index (χ0) is 20.8. The van der Waals surface area contributed by atoms with Gasteiger partial charge in [-0.05, 0) is 57.9 Å². The van der Waals surface area contributed by atoms with E-state index in [1.54, 1.807) is 0 Å². The van der Waals surface area contributed by atoms with Crippen molar-refractivity contribution in [3.63, 3.8) is 0 Å². The smallest absolute Gasteiger partial charge is 0.341 e. The van der Waals surface area contributed by atoms with Gasteiger partial charge < -0.3 is 15.0 Å². The molecule has 0 bridgehead atoms. The molecule has 2 atom stereocenters. The van der Waals surface area contributed by atoms with E-state index in [4.69, 9.17) is 4.74 Å². The molecular weight excluding hydrogens is 376 g/mol. The average Bonchev–Trinajstić information content (AvgIpc) is 3.02. The van der Waals surface area contributed by atoms with Crippen molar-refractivity contribution >= 4 is 34.1 Å². The van der Waals surface area contributed by atoms with Gasteiger partial charge >= 0.3 is 5.97 Å². The number of hydrogen-bond acceptors (Lipinski definition) is 5. The largest absolute Gasteiger partial charge is 0.452 e. The minimum Gasteiger partial charge on any atom is -0.452 e. The molecule has 0 spiro atoms. The number of ether oxygens (including phenoxy) is 1. The fraction of sp³-hybridized carbons (Fsp3) is 0.667. The Bertz CT molecular complexity index is 718. The second-order valence-electron chi connectivity index (χ2n) is 7.49. The van der Waals surface area contributed by atoms with Gasteiger partial charge in [0.25, 0.3) is 5.91 Å². The topological polar surface area (TPSA) is 75.7 Å². The van der Waals surface area contributed by atoms with Crippen LogP contribution in [0.25, 0.3) is 0 Å². The van der Waals surface area contributed by atoms with E-state index in [0.717, 1.165) is 49.0 Å². The lowest BCUT2D eigenvalue weighted by atomic mass is 9.95. The number of amides is 2. The van der Waals surface area contributed by atoms with Gasteiger partial charge in [-0.1, -0.05) is 13.8 Å². The van der Waals surface area contributed by atoms with Crippen molar-refractivity contribution in [2.75, 3.05) is 11.9 Å². The summed E-state index contributed by atoms with van der Waals surface area (Å²) in [6, 6.07) is 0.176. The van der Waals surface area contributed by atoms with Gasteiger partial charge in [0.15, 0.2) is 6.61 Å². The third kappa shape index (κ3) is 5.13. The van der Waals surface area contributed by atoms with E-state index in [0.29, 0.717) is 10.6 Å². The van der Waals surface area contributed by atoms with E-state index in [1.165, 1.54) is 18.3 Å². The van der Waals surface area contributed by atoms with Crippen LogP contribution in [-0.4, -0.2) is 41.4 Å². The van der Waals surface area contributed by atoms with Crippen LogP contribution in [0.2, 0.25) is 0 Å². The number of esters is 1. The molecule has 1 heterocycles. The Labute approximate surface area is 171 Å². The fourth-order valence-corrected chi connectivity index (χ4v) is 4.95. The molecule has 1 aromatic heterocycles. The van der Waals surface area contributed by atoms with Crippen LogP contribution >= 0.6 is 11.3 Å². The van der Waals surface area contributed by atoms with Crippen LogP contribution in [0.1, 0.15) is 81.1 Å². The predicted octanol–water partition coefficient (Wildman–Crippen LogP) is 4.17. The Morgan fingerprint density at radius 1 is 1.11 bits per heavy atom. The lowest BCUT2D eigenvalue weighted by Gasteiger charge is -2.33. The summed E-state index contributed by atoms with van der Waals surface area (Å²) in [5, 5.41) is 3.30. The van der Waals surface area contributed by atoms with Crippen LogP contribution < -0.4 is 5.32 Å². The predicted molar refractivity (Wildman–Crippen MR) is 112 cm³/mol. The monoisotopic (exact) mass is 408 g/mol. The van der Waals surface area contributed by atoms with Gasteiger partial charge in [-0.15, -0.1) is 11.3 Å². The third-order valence-electron chi connectivity index (χ3n) is 5.41. The highest BCUT2D eigenvalue weighted by atomic mass is 32.1. The quantitative estimate of drug-likeness (QED) is 0.655. The second kappa shape index (κ2) is 10.0. The van der Waals surface area contributed by atoms with Gasteiger partial charge in [-0.3, -0.25) is 9.59 Å². The molecule has 0 aromatic carbocycles. The Hall–Kier alpha value is -1.89. The van der Waals surface area contributed by atoms with Crippen LogP contribution in [0.3, 0.4) is 0 Å². The van der Waals surface area contributed by atoms with Crippen LogP contribution in [0.5, 0.6) is 0 Å². The first kappa shape index (κ1) is 22.4. The van der Waals surface area contributed by atoms with E-state index in [2.05, 4.69) is 5.32 Å². The van der Waals surface area contributed by atoms with Crippen LogP contribution in [0, 0.1) is 0 Å². The summed E-state index contributed by atoms with van der Waals surface area (Å²) in [7, 11) is 0. The van der Waals surface area contributed by atoms with E-state index >= 15 is 0 Å². The van der Waals surface area contributed by atoms with Crippen molar-refractivity contribution in [1.82, 2.24) is 4.90 Å². The lowest BCUT2D eigenvalue weighted by molar-refractivity contribution is -0.139. The van der Waals surface area contributed by atoms with Crippen molar-refractivity contribution in [1.29, 1.82) is 0 Å². The molecule has 2 amide bonds. The highest BCUT2D eigenvalue weighted by molar-refractivity contribution is 7.17. The van der Waals surface area contributed by atoms with Gasteiger partial charge in [-0.25, -0.2) is 4.79 Å². The summed E-state index contributed by atoms with van der Waals surface area (Å²) in [5.41, 5.74) is 1.40. The molecular formula is C21H32N2O4S. The van der Waals surface area contributed by atoms with Crippen LogP contribution in [0.4, 0.5) is 5.00 Å². The normalized spacial score (nSPS) is 15.3. The number of aryl methyl sites for hydroxylation is 1. The zero-order valence-corrected chi connectivity index (χ0v) is 18.4. The first-order valence-electron chi connectivity index (χ1n) is 10.2. The molecule has 1 aliphatic rings. The van der Waals surface area contributed by atoms with E-state index in [9.17, 15) is 14.4 Å². The first-order chi connectivity index (χ1) is 13.3. The molecule has 156 valence electrons. The number of nitrogens with zero attached hydrogens (tertiary/aromatic N) is 1. The van der Waals surface area contributed by atoms with Crippen molar-refractivity contribution in [2.45, 2.75) is 85.2 Å². The number of carbonyl (C=O) groups is 3. The SMILES string of the molecule is CC[C@@H](C)N(C(=O)COC(=O)c1c(NC(C)=O)sc2c1CCCC2)[C@@H](C)CC. The highest BCUT2D eigenvalue weighted by Gasteiger charge is 2.29. The summed E-state index contributed by atoms with van der Waals surface area (Å²) < 4.78 is 5.43. The van der Waals surface area contributed by atoms with Crippen LogP contribution in [0.15, 0.2) is 0 Å². The molecule has 1 N–H and O–H groups in total. The summed E-state index contributed by atoms with van der Waals surface area (Å²) in [4.78, 5) is 40.1. The Morgan fingerprint density at radius 3 is 2.29 bits per heavy atom. The Morgan fingerprint density at radius 2 is 1.71 bits per heavy atom. The number of thiophene rings is 1. The van der Waals surface area contributed by atoms with Gasteiger partial charge in [0.1, 0.15) is 5.00 Å². The maximum absolute atomic E-state index is 12.8. The molecule has 1 aliphatic carbocycles. The molecule has 0 saturated heterocycles. The number of carbonyl (C=O) groups excluding carboxylic acids is 3. The average molecular weight is 409 g/mol. The second-order valence-corrected chi connectivity index (χ2v) is 8.59. The standard InChI is InChI=1S/C21H32N2O4S/c1-6-13(3)23(14(4)7-2)18(25)12-27-21(26)19-16-10-8-9-11-17(16)28-20(19)22-15(5)24/h13-14H,6-12H2,1-5H3,(H,22,24)/t13-,14+. The molecule has 0 radical (unpaired) electrons. The molecule has 1 aromatic rings. The third-order valence-corrected chi connectivity index (χ3v) is 6.62. The van der Waals surface area contributed by atoms with Crippen LogP contribution in [-0.2, 0) is 27.2 Å². The maximum Gasteiger partial charge on any atom is 0.341 e. The van der Waals surface area contributed by atoms with Gasteiger partial charge in [0.05, 0.1) is 5.56 Å². The van der Waals surface area contributed by atoms with E-state index in [-0.39, 0.29) is 30.5 Å². The highest BCUT2D eigenvalue weighted by Crippen LogP contribution is 2.38. The van der Waals surface area contributed by atoms with E-state index < -0.39 is 5.97 Å². The molecule has 6 nitrogen and oxygen atoms in total. The van der Waals surface area contributed by atoms with Crippen molar-refractivity contribution < 1.29 is 19.1 Å². The summed E-state index contributed by atoms with van der Waals surface area (Å²) in [6.07, 6.45) is 5.49. The molecule has 0 aliphatic heterocycles. The molecule has 0 unspecified atom stereocenters. The Balaban J connectivity index is 2.17. The van der Waals surface area contributed by atoms with Crippen molar-refractivity contribution in [2.24, 2.45) is 0 Å². The summed E-state index contributed by atoms with van der Waals surface area (Å²) >= 11 is 1.45. The molecule has 7 heteroatoms. The summed E-state index contributed by atoms with van der Waals surface area (Å²) in [6.45, 7) is 9.24. The fourth-order valence-electron chi connectivity index (χ4n) is 3.62. The number of hydrogen-bond donors (Lipinski definition) is 1.